The Bertz CT molecular complexity index is 1200. The van der Waals surface area contributed by atoms with Gasteiger partial charge in [0.05, 0.1) is 18.0 Å². The third kappa shape index (κ3) is 5.35. The number of nitrogens with one attached hydrogen (secondary N) is 2. The van der Waals surface area contributed by atoms with E-state index in [1.54, 1.807) is 6.07 Å². The lowest BCUT2D eigenvalue weighted by Gasteiger charge is -2.15. The summed E-state index contributed by atoms with van der Waals surface area (Å²) in [6.07, 6.45) is 4.57. The summed E-state index contributed by atoms with van der Waals surface area (Å²) in [6, 6.07) is 10.2. The van der Waals surface area contributed by atoms with Gasteiger partial charge in [0.25, 0.3) is 0 Å². The molecule has 9 heteroatoms. The highest BCUT2D eigenvalue weighted by atomic mass is 32.2. The number of phenolic OH excluding ortho intramolecular Hbond substituents is 1. The number of hydrogen-bond acceptors (Lipinski definition) is 7. The Morgan fingerprint density at radius 3 is 2.78 bits per heavy atom. The number of anilines is 1. The van der Waals surface area contributed by atoms with Gasteiger partial charge in [0.2, 0.25) is 10.0 Å². The fourth-order valence-electron chi connectivity index (χ4n) is 3.97. The van der Waals surface area contributed by atoms with Gasteiger partial charge in [0.15, 0.2) is 0 Å². The fourth-order valence-corrected chi connectivity index (χ4v) is 4.54. The number of aliphatic hydroxyl groups excluding tert-OH is 1. The number of phenols is 1. The van der Waals surface area contributed by atoms with E-state index in [0.717, 1.165) is 36.2 Å². The molecule has 1 atom stereocenters. The van der Waals surface area contributed by atoms with Crippen LogP contribution in [-0.2, 0) is 22.9 Å². The number of fused-ring (bicyclic) bond motifs is 3. The molecule has 0 aliphatic heterocycles. The van der Waals surface area contributed by atoms with Crippen LogP contribution >= 0.6 is 0 Å². The molecule has 4 rings (SSSR count). The maximum absolute atomic E-state index is 11.4. The van der Waals surface area contributed by atoms with Crippen molar-refractivity contribution in [2.75, 3.05) is 30.7 Å². The molecule has 0 bridgehead atoms. The molecule has 1 heterocycles. The standard InChI is InChI=1S/C23H28N2O6S/c1-32(28,29)25-19-12-15(6-9-20(19)26)21(27)14-24-10-11-30-16-7-8-18-17-4-2-3-5-22(17)31-23(18)13-16/h6-9,12-13,21,24-27H,2-5,10-11,14H2,1H3/t21-/m1/s1. The topological polar surface area (TPSA) is 121 Å². The maximum Gasteiger partial charge on any atom is 0.229 e. The first kappa shape index (κ1) is 22.4. The summed E-state index contributed by atoms with van der Waals surface area (Å²) >= 11 is 0. The van der Waals surface area contributed by atoms with E-state index in [9.17, 15) is 18.6 Å². The lowest BCUT2D eigenvalue weighted by molar-refractivity contribution is 0.172. The zero-order chi connectivity index (χ0) is 22.7. The Balaban J connectivity index is 1.27. The van der Waals surface area contributed by atoms with E-state index in [1.165, 1.54) is 35.9 Å². The Morgan fingerprint density at radius 2 is 1.97 bits per heavy atom. The molecule has 0 fully saturated rings. The van der Waals surface area contributed by atoms with E-state index in [4.69, 9.17) is 9.15 Å². The summed E-state index contributed by atoms with van der Waals surface area (Å²) in [5.74, 6) is 1.63. The first-order valence-corrected chi connectivity index (χ1v) is 12.6. The van der Waals surface area contributed by atoms with Crippen molar-refractivity contribution >= 4 is 26.7 Å². The molecule has 32 heavy (non-hydrogen) atoms. The normalized spacial score (nSPS) is 14.8. The average Bonchev–Trinajstić information content (AvgIpc) is 3.11. The monoisotopic (exact) mass is 460 g/mol. The van der Waals surface area contributed by atoms with E-state index in [0.29, 0.717) is 18.7 Å². The van der Waals surface area contributed by atoms with Crippen molar-refractivity contribution in [3.8, 4) is 11.5 Å². The molecule has 1 aliphatic rings. The van der Waals surface area contributed by atoms with Crippen LogP contribution in [0.5, 0.6) is 11.5 Å². The van der Waals surface area contributed by atoms with Gasteiger partial charge in [-0.1, -0.05) is 6.07 Å². The third-order valence-electron chi connectivity index (χ3n) is 5.51. The summed E-state index contributed by atoms with van der Waals surface area (Å²) in [5.41, 5.74) is 2.71. The fraction of sp³-hybridized carbons (Fsp3) is 0.391. The molecule has 0 unspecified atom stereocenters. The Morgan fingerprint density at radius 1 is 1.16 bits per heavy atom. The van der Waals surface area contributed by atoms with E-state index in [-0.39, 0.29) is 18.0 Å². The Labute approximate surface area is 187 Å². The van der Waals surface area contributed by atoms with Gasteiger partial charge in [0, 0.05) is 36.5 Å². The van der Waals surface area contributed by atoms with Crippen LogP contribution < -0.4 is 14.8 Å². The first-order valence-electron chi connectivity index (χ1n) is 10.7. The van der Waals surface area contributed by atoms with Gasteiger partial charge < -0.3 is 24.7 Å². The number of aliphatic hydroxyl groups is 1. The first-order chi connectivity index (χ1) is 15.3. The molecule has 0 saturated carbocycles. The minimum Gasteiger partial charge on any atom is -0.506 e. The molecular weight excluding hydrogens is 432 g/mol. The molecule has 8 nitrogen and oxygen atoms in total. The lowest BCUT2D eigenvalue weighted by Crippen LogP contribution is -2.26. The molecule has 0 radical (unpaired) electrons. The maximum atomic E-state index is 11.4. The highest BCUT2D eigenvalue weighted by Crippen LogP contribution is 2.33. The van der Waals surface area contributed by atoms with Gasteiger partial charge in [0.1, 0.15) is 29.4 Å². The van der Waals surface area contributed by atoms with Crippen LogP contribution in [0.15, 0.2) is 40.8 Å². The van der Waals surface area contributed by atoms with Gasteiger partial charge >= 0.3 is 0 Å². The minimum atomic E-state index is -3.54. The number of benzene rings is 2. The van der Waals surface area contributed by atoms with Crippen LogP contribution in [0.3, 0.4) is 0 Å². The molecule has 0 amide bonds. The van der Waals surface area contributed by atoms with Gasteiger partial charge in [-0.25, -0.2) is 8.42 Å². The van der Waals surface area contributed by atoms with Crippen molar-refractivity contribution in [1.82, 2.24) is 5.32 Å². The predicted octanol–water partition coefficient (Wildman–Crippen LogP) is 3.09. The number of ether oxygens (including phenoxy) is 1. The molecule has 0 spiro atoms. The van der Waals surface area contributed by atoms with E-state index in [2.05, 4.69) is 16.1 Å². The van der Waals surface area contributed by atoms with Crippen molar-refractivity contribution in [3.05, 3.63) is 53.3 Å². The van der Waals surface area contributed by atoms with Gasteiger partial charge in [-0.15, -0.1) is 0 Å². The molecule has 172 valence electrons. The van der Waals surface area contributed by atoms with Crippen molar-refractivity contribution in [3.63, 3.8) is 0 Å². The summed E-state index contributed by atoms with van der Waals surface area (Å²) in [6.45, 7) is 1.17. The number of rotatable bonds is 9. The predicted molar refractivity (Wildman–Crippen MR) is 123 cm³/mol. The van der Waals surface area contributed by atoms with Crippen LogP contribution in [0.1, 0.15) is 35.8 Å². The van der Waals surface area contributed by atoms with E-state index >= 15 is 0 Å². The average molecular weight is 461 g/mol. The van der Waals surface area contributed by atoms with Crippen molar-refractivity contribution in [1.29, 1.82) is 0 Å². The minimum absolute atomic E-state index is 0.0300. The zero-order valence-electron chi connectivity index (χ0n) is 17.9. The van der Waals surface area contributed by atoms with E-state index < -0.39 is 16.1 Å². The third-order valence-corrected chi connectivity index (χ3v) is 6.11. The van der Waals surface area contributed by atoms with Crippen molar-refractivity contribution < 1.29 is 27.8 Å². The molecule has 0 saturated heterocycles. The second kappa shape index (κ2) is 9.40. The quantitative estimate of drug-likeness (QED) is 0.286. The molecule has 4 N–H and O–H groups in total. The van der Waals surface area contributed by atoms with Crippen LogP contribution in [0, 0.1) is 0 Å². The molecule has 3 aromatic rings. The van der Waals surface area contributed by atoms with Crippen molar-refractivity contribution in [2.24, 2.45) is 0 Å². The second-order valence-corrected chi connectivity index (χ2v) is 9.84. The largest absolute Gasteiger partial charge is 0.506 e. The summed E-state index contributed by atoms with van der Waals surface area (Å²) < 4.78 is 36.8. The Hall–Kier alpha value is -2.75. The smallest absolute Gasteiger partial charge is 0.229 e. The summed E-state index contributed by atoms with van der Waals surface area (Å²) in [7, 11) is -3.54. The van der Waals surface area contributed by atoms with Gasteiger partial charge in [-0.2, -0.15) is 0 Å². The van der Waals surface area contributed by atoms with Crippen LogP contribution in [0.25, 0.3) is 11.0 Å². The number of furan rings is 1. The molecule has 2 aromatic carbocycles. The molecular formula is C23H28N2O6S. The Kier molecular flexibility index (Phi) is 6.59. The lowest BCUT2D eigenvalue weighted by atomic mass is 9.96. The zero-order valence-corrected chi connectivity index (χ0v) is 18.7. The number of hydrogen-bond donors (Lipinski definition) is 4. The number of aromatic hydroxyl groups is 1. The summed E-state index contributed by atoms with van der Waals surface area (Å²) in [5, 5.41) is 24.5. The van der Waals surface area contributed by atoms with E-state index in [1.807, 2.05) is 12.1 Å². The number of sulfonamides is 1. The number of aryl methyl sites for hydroxylation is 2. The van der Waals surface area contributed by atoms with Gasteiger partial charge in [-0.05, 0) is 49.1 Å². The highest BCUT2D eigenvalue weighted by Gasteiger charge is 2.18. The van der Waals surface area contributed by atoms with Crippen LogP contribution in [0.2, 0.25) is 0 Å². The second-order valence-electron chi connectivity index (χ2n) is 8.09. The highest BCUT2D eigenvalue weighted by molar-refractivity contribution is 7.92. The van der Waals surface area contributed by atoms with Crippen LogP contribution in [-0.4, -0.2) is 44.6 Å². The van der Waals surface area contributed by atoms with Gasteiger partial charge in [-0.3, -0.25) is 4.72 Å². The summed E-state index contributed by atoms with van der Waals surface area (Å²) in [4.78, 5) is 0. The van der Waals surface area contributed by atoms with Crippen LogP contribution in [0.4, 0.5) is 5.69 Å². The SMILES string of the molecule is CS(=O)(=O)Nc1cc([C@H](O)CNCCOc2ccc3c4c(oc3c2)CCCC4)ccc1O. The molecule has 1 aliphatic carbocycles. The molecule has 1 aromatic heterocycles. The van der Waals surface area contributed by atoms with Crippen molar-refractivity contribution in [2.45, 2.75) is 31.8 Å².